The van der Waals surface area contributed by atoms with Crippen molar-refractivity contribution in [3.8, 4) is 0 Å². The lowest BCUT2D eigenvalue weighted by Crippen LogP contribution is -2.14. The number of aromatic nitrogens is 3. The molecule has 94 valence electrons. The number of halogens is 1. The monoisotopic (exact) mass is 316 g/mol. The highest BCUT2D eigenvalue weighted by Crippen LogP contribution is 2.21. The molecule has 3 rings (SSSR count). The molecule has 0 unspecified atom stereocenters. The number of hydrogen-bond donors (Lipinski definition) is 2. The maximum Gasteiger partial charge on any atom is 0.275 e. The first-order chi connectivity index (χ1) is 9.24. The van der Waals surface area contributed by atoms with Crippen LogP contribution in [-0.2, 0) is 0 Å². The third-order valence-electron chi connectivity index (χ3n) is 2.69. The van der Waals surface area contributed by atoms with Gasteiger partial charge in [-0.05, 0) is 28.1 Å². The van der Waals surface area contributed by atoms with Crippen molar-refractivity contribution >= 4 is 38.4 Å². The minimum atomic E-state index is -0.290. The smallest absolute Gasteiger partial charge is 0.275 e. The van der Waals surface area contributed by atoms with Gasteiger partial charge in [-0.1, -0.05) is 12.1 Å². The second-order valence-corrected chi connectivity index (χ2v) is 4.74. The third-order valence-corrected chi connectivity index (χ3v) is 3.10. The van der Waals surface area contributed by atoms with Crippen LogP contribution >= 0.6 is 15.9 Å². The normalized spacial score (nSPS) is 10.6. The molecule has 2 N–H and O–H groups in total. The van der Waals surface area contributed by atoms with Gasteiger partial charge < -0.3 is 10.3 Å². The molecule has 0 fully saturated rings. The summed E-state index contributed by atoms with van der Waals surface area (Å²) in [5.74, 6) is -0.290. The minimum absolute atomic E-state index is 0.270. The highest BCUT2D eigenvalue weighted by molar-refractivity contribution is 9.10. The fourth-order valence-electron chi connectivity index (χ4n) is 1.80. The predicted octanol–water partition coefficient (Wildman–Crippen LogP) is 2.97. The SMILES string of the molecule is O=C(Nc1cccc2cc[nH]c12)c1cnc(Br)cn1. The van der Waals surface area contributed by atoms with Crippen LogP contribution in [0.5, 0.6) is 0 Å². The van der Waals surface area contributed by atoms with E-state index in [1.807, 2.05) is 30.5 Å². The fourth-order valence-corrected chi connectivity index (χ4v) is 2.01. The molecule has 3 aromatic rings. The predicted molar refractivity (Wildman–Crippen MR) is 76.0 cm³/mol. The number of nitrogens with zero attached hydrogens (tertiary/aromatic N) is 2. The number of H-pyrrole nitrogens is 1. The lowest BCUT2D eigenvalue weighted by Gasteiger charge is -2.05. The first-order valence-electron chi connectivity index (χ1n) is 5.59. The van der Waals surface area contributed by atoms with Crippen LogP contribution in [0, 0.1) is 0 Å². The Balaban J connectivity index is 1.90. The largest absolute Gasteiger partial charge is 0.359 e. The lowest BCUT2D eigenvalue weighted by atomic mass is 10.2. The number of carbonyl (C=O) groups excluding carboxylic acids is 1. The summed E-state index contributed by atoms with van der Waals surface area (Å²) in [6, 6.07) is 7.65. The molecule has 0 spiro atoms. The van der Waals surface area contributed by atoms with E-state index in [9.17, 15) is 4.79 Å². The van der Waals surface area contributed by atoms with Crippen molar-refractivity contribution in [2.24, 2.45) is 0 Å². The standard InChI is InChI=1S/C13H9BrN4O/c14-11-7-16-10(6-17-11)13(19)18-9-3-1-2-8-4-5-15-12(8)9/h1-7,15H,(H,18,19). The van der Waals surface area contributed by atoms with Crippen LogP contribution < -0.4 is 5.32 Å². The topological polar surface area (TPSA) is 70.7 Å². The Morgan fingerprint density at radius 3 is 2.89 bits per heavy atom. The van der Waals surface area contributed by atoms with Crippen LogP contribution in [0.15, 0.2) is 47.5 Å². The average molecular weight is 317 g/mol. The summed E-state index contributed by atoms with van der Waals surface area (Å²) >= 11 is 3.18. The molecule has 1 aromatic carbocycles. The number of carbonyl (C=O) groups is 1. The van der Waals surface area contributed by atoms with Crippen molar-refractivity contribution in [3.63, 3.8) is 0 Å². The summed E-state index contributed by atoms with van der Waals surface area (Å²) in [6.07, 6.45) is 4.75. The Hall–Kier alpha value is -2.21. The van der Waals surface area contributed by atoms with E-state index in [0.717, 1.165) is 16.6 Å². The number of nitrogens with one attached hydrogen (secondary N) is 2. The van der Waals surface area contributed by atoms with Gasteiger partial charge in [-0.15, -0.1) is 0 Å². The Bertz CT molecular complexity index is 736. The van der Waals surface area contributed by atoms with Gasteiger partial charge in [0.15, 0.2) is 0 Å². The molecule has 0 saturated heterocycles. The first kappa shape index (κ1) is 11.9. The minimum Gasteiger partial charge on any atom is -0.359 e. The van der Waals surface area contributed by atoms with Gasteiger partial charge in [0.25, 0.3) is 5.91 Å². The Kier molecular flexibility index (Phi) is 3.00. The lowest BCUT2D eigenvalue weighted by molar-refractivity contribution is 0.102. The quantitative estimate of drug-likeness (QED) is 0.763. The van der Waals surface area contributed by atoms with Crippen LogP contribution in [0.1, 0.15) is 10.5 Å². The number of hydrogen-bond acceptors (Lipinski definition) is 3. The molecule has 0 radical (unpaired) electrons. The van der Waals surface area contributed by atoms with Crippen molar-refractivity contribution in [2.75, 3.05) is 5.32 Å². The van der Waals surface area contributed by atoms with Crippen LogP contribution in [0.2, 0.25) is 0 Å². The van der Waals surface area contributed by atoms with Crippen LogP contribution in [0.25, 0.3) is 10.9 Å². The number of rotatable bonds is 2. The van der Waals surface area contributed by atoms with Crippen molar-refractivity contribution < 1.29 is 4.79 Å². The summed E-state index contributed by atoms with van der Waals surface area (Å²) < 4.78 is 0.593. The Labute approximate surface area is 117 Å². The molecule has 1 amide bonds. The molecule has 0 aliphatic rings. The van der Waals surface area contributed by atoms with Gasteiger partial charge in [0, 0.05) is 11.6 Å². The van der Waals surface area contributed by atoms with Gasteiger partial charge in [0.1, 0.15) is 10.3 Å². The highest BCUT2D eigenvalue weighted by Gasteiger charge is 2.10. The number of para-hydroxylation sites is 1. The van der Waals surface area contributed by atoms with E-state index in [4.69, 9.17) is 0 Å². The Morgan fingerprint density at radius 1 is 1.21 bits per heavy atom. The Morgan fingerprint density at radius 2 is 2.11 bits per heavy atom. The van der Waals surface area contributed by atoms with Crippen molar-refractivity contribution in [1.82, 2.24) is 15.0 Å². The third kappa shape index (κ3) is 2.34. The van der Waals surface area contributed by atoms with E-state index in [2.05, 4.69) is 36.2 Å². The molecule has 2 heterocycles. The molecule has 0 bridgehead atoms. The number of benzene rings is 1. The second-order valence-electron chi connectivity index (χ2n) is 3.93. The van der Waals surface area contributed by atoms with Gasteiger partial charge in [-0.2, -0.15) is 0 Å². The molecule has 19 heavy (non-hydrogen) atoms. The fraction of sp³-hybridized carbons (Fsp3) is 0. The van der Waals surface area contributed by atoms with Gasteiger partial charge in [0.05, 0.1) is 23.6 Å². The molecule has 5 nitrogen and oxygen atoms in total. The highest BCUT2D eigenvalue weighted by atomic mass is 79.9. The van der Waals surface area contributed by atoms with E-state index in [-0.39, 0.29) is 11.6 Å². The maximum atomic E-state index is 12.0. The van der Waals surface area contributed by atoms with E-state index in [0.29, 0.717) is 4.60 Å². The van der Waals surface area contributed by atoms with E-state index < -0.39 is 0 Å². The van der Waals surface area contributed by atoms with Crippen molar-refractivity contribution in [2.45, 2.75) is 0 Å². The zero-order valence-electron chi connectivity index (χ0n) is 9.72. The van der Waals surface area contributed by atoms with E-state index in [1.54, 1.807) is 0 Å². The summed E-state index contributed by atoms with van der Waals surface area (Å²) in [6.45, 7) is 0. The molecule has 2 aromatic heterocycles. The maximum absolute atomic E-state index is 12.0. The first-order valence-corrected chi connectivity index (χ1v) is 6.38. The van der Waals surface area contributed by atoms with E-state index >= 15 is 0 Å². The molecular weight excluding hydrogens is 308 g/mol. The molecule has 0 aliphatic carbocycles. The molecule has 6 heteroatoms. The summed E-state index contributed by atoms with van der Waals surface area (Å²) in [7, 11) is 0. The number of amides is 1. The average Bonchev–Trinajstić information content (AvgIpc) is 2.89. The van der Waals surface area contributed by atoms with Crippen molar-refractivity contribution in [3.05, 3.63) is 53.2 Å². The van der Waals surface area contributed by atoms with E-state index in [1.165, 1.54) is 12.4 Å². The molecule has 0 saturated carbocycles. The van der Waals surface area contributed by atoms with Gasteiger partial charge in [0.2, 0.25) is 0 Å². The summed E-state index contributed by atoms with van der Waals surface area (Å²) in [5, 5.41) is 3.86. The number of anilines is 1. The summed E-state index contributed by atoms with van der Waals surface area (Å²) in [4.78, 5) is 23.1. The number of fused-ring (bicyclic) bond motifs is 1. The zero-order valence-corrected chi connectivity index (χ0v) is 11.3. The second kappa shape index (κ2) is 4.81. The number of aromatic amines is 1. The molecule has 0 aliphatic heterocycles. The molecule has 0 atom stereocenters. The van der Waals surface area contributed by atoms with Crippen LogP contribution in [-0.4, -0.2) is 20.9 Å². The van der Waals surface area contributed by atoms with Gasteiger partial charge in [-0.25, -0.2) is 9.97 Å². The van der Waals surface area contributed by atoms with Crippen LogP contribution in [0.3, 0.4) is 0 Å². The molecular formula is C13H9BrN4O. The van der Waals surface area contributed by atoms with Gasteiger partial charge in [-0.3, -0.25) is 4.79 Å². The van der Waals surface area contributed by atoms with Crippen LogP contribution in [0.4, 0.5) is 5.69 Å². The van der Waals surface area contributed by atoms with Crippen molar-refractivity contribution in [1.29, 1.82) is 0 Å². The summed E-state index contributed by atoms with van der Waals surface area (Å²) in [5.41, 5.74) is 1.88. The van der Waals surface area contributed by atoms with Gasteiger partial charge >= 0.3 is 0 Å². The zero-order chi connectivity index (χ0) is 13.2.